The van der Waals surface area contributed by atoms with Crippen molar-refractivity contribution in [3.8, 4) is 45.8 Å². The van der Waals surface area contributed by atoms with Crippen LogP contribution in [0, 0.1) is 0 Å². The number of hydrogen-bond donors (Lipinski definition) is 8. The second-order valence-electron chi connectivity index (χ2n) is 10.3. The molecule has 5 rings (SSSR count). The average molecular weight is 625 g/mol. The number of aliphatic hydroxyl groups excluding tert-OH is 5. The van der Waals surface area contributed by atoms with Crippen molar-refractivity contribution in [1.29, 1.82) is 0 Å². The number of ether oxygens (including phenoxy) is 6. The molecule has 0 bridgehead atoms. The van der Waals surface area contributed by atoms with Gasteiger partial charge in [-0.1, -0.05) is 0 Å². The van der Waals surface area contributed by atoms with Crippen LogP contribution < -0.4 is 19.6 Å². The first-order valence-corrected chi connectivity index (χ1v) is 13.3. The molecule has 44 heavy (non-hydrogen) atoms. The summed E-state index contributed by atoms with van der Waals surface area (Å²) >= 11 is 0. The van der Waals surface area contributed by atoms with E-state index in [9.17, 15) is 45.6 Å². The third-order valence-electron chi connectivity index (χ3n) is 7.45. The minimum absolute atomic E-state index is 0.0690. The van der Waals surface area contributed by atoms with Crippen molar-refractivity contribution in [2.45, 2.75) is 62.2 Å². The molecule has 3 heterocycles. The fourth-order valence-electron chi connectivity index (χ4n) is 5.00. The topological polar surface area (TPSA) is 247 Å². The SMILES string of the molecule is COc1cc(-c2oc3cc(O)cc(O)c3c(=O)c2OC2OC(COC3OC(C)C(O)C(O)C3O)C(O)C2O)cc(OC)c1O. The monoisotopic (exact) mass is 624 g/mol. The molecule has 2 saturated heterocycles. The fourth-order valence-corrected chi connectivity index (χ4v) is 5.00. The molecule has 0 spiro atoms. The lowest BCUT2D eigenvalue weighted by molar-refractivity contribution is -0.299. The van der Waals surface area contributed by atoms with Gasteiger partial charge in [0.1, 0.15) is 59.1 Å². The Labute approximate surface area is 248 Å². The van der Waals surface area contributed by atoms with Gasteiger partial charge in [-0.05, 0) is 19.1 Å². The van der Waals surface area contributed by atoms with Gasteiger partial charge in [0.15, 0.2) is 23.5 Å². The van der Waals surface area contributed by atoms with E-state index < -0.39 is 84.6 Å². The van der Waals surface area contributed by atoms with Gasteiger partial charge >= 0.3 is 0 Å². The molecule has 3 aromatic rings. The normalized spacial score (nSPS) is 30.4. The molecule has 2 aliphatic rings. The number of phenolic OH excluding ortho intramolecular Hbond substituents is 3. The highest BCUT2D eigenvalue weighted by molar-refractivity contribution is 5.88. The van der Waals surface area contributed by atoms with Gasteiger partial charge in [0.05, 0.1) is 26.9 Å². The summed E-state index contributed by atoms with van der Waals surface area (Å²) in [6.45, 7) is 0.969. The Bertz CT molecular complexity index is 1550. The van der Waals surface area contributed by atoms with Crippen LogP contribution in [-0.2, 0) is 14.2 Å². The summed E-state index contributed by atoms with van der Waals surface area (Å²) in [5.74, 6) is -2.46. The quantitative estimate of drug-likeness (QED) is 0.154. The van der Waals surface area contributed by atoms with Crippen LogP contribution in [0.2, 0.25) is 0 Å². The predicted octanol–water partition coefficient (Wildman–Crippen LogP) is -0.736. The molecule has 240 valence electrons. The molecular weight excluding hydrogens is 592 g/mol. The van der Waals surface area contributed by atoms with Crippen molar-refractivity contribution >= 4 is 11.0 Å². The lowest BCUT2D eigenvalue weighted by Gasteiger charge is -2.39. The molecule has 16 heteroatoms. The van der Waals surface area contributed by atoms with Gasteiger partial charge in [0.25, 0.3) is 0 Å². The molecule has 0 saturated carbocycles. The number of hydrogen-bond acceptors (Lipinski definition) is 16. The number of rotatable bonds is 8. The zero-order chi connectivity index (χ0) is 32.0. The van der Waals surface area contributed by atoms with Crippen LogP contribution in [0.5, 0.6) is 34.5 Å². The first kappa shape index (κ1) is 31.6. The number of aromatic hydroxyl groups is 3. The zero-order valence-corrected chi connectivity index (χ0v) is 23.6. The first-order chi connectivity index (χ1) is 20.9. The van der Waals surface area contributed by atoms with E-state index in [1.807, 2.05) is 0 Å². The van der Waals surface area contributed by atoms with Crippen LogP contribution in [0.4, 0.5) is 0 Å². The van der Waals surface area contributed by atoms with Crippen molar-refractivity contribution < 1.29 is 73.7 Å². The molecule has 2 aromatic carbocycles. The summed E-state index contributed by atoms with van der Waals surface area (Å²) in [5, 5.41) is 81.9. The maximum atomic E-state index is 13.7. The molecule has 16 nitrogen and oxygen atoms in total. The molecule has 0 amide bonds. The number of phenols is 3. The molecule has 9 atom stereocenters. The number of aliphatic hydroxyl groups is 5. The summed E-state index contributed by atoms with van der Waals surface area (Å²) in [7, 11) is 2.55. The Hall–Kier alpha value is -3.87. The maximum absolute atomic E-state index is 13.7. The fraction of sp³-hybridized carbons (Fsp3) is 0.464. The number of fused-ring (bicyclic) bond motifs is 1. The van der Waals surface area contributed by atoms with Crippen molar-refractivity contribution in [2.75, 3.05) is 20.8 Å². The lowest BCUT2D eigenvalue weighted by Crippen LogP contribution is -2.57. The van der Waals surface area contributed by atoms with E-state index in [0.29, 0.717) is 0 Å². The van der Waals surface area contributed by atoms with Gasteiger partial charge in [0.2, 0.25) is 23.2 Å². The highest BCUT2D eigenvalue weighted by Crippen LogP contribution is 2.44. The Morgan fingerprint density at radius 1 is 0.795 bits per heavy atom. The largest absolute Gasteiger partial charge is 0.508 e. The van der Waals surface area contributed by atoms with E-state index in [-0.39, 0.29) is 39.5 Å². The summed E-state index contributed by atoms with van der Waals surface area (Å²) in [6, 6.07) is 4.56. The van der Waals surface area contributed by atoms with Crippen LogP contribution in [0.25, 0.3) is 22.3 Å². The summed E-state index contributed by atoms with van der Waals surface area (Å²) < 4.78 is 38.5. The van der Waals surface area contributed by atoms with Crippen LogP contribution in [0.3, 0.4) is 0 Å². The first-order valence-electron chi connectivity index (χ1n) is 13.3. The highest BCUT2D eigenvalue weighted by atomic mass is 16.7. The third kappa shape index (κ3) is 5.57. The smallest absolute Gasteiger partial charge is 0.239 e. The van der Waals surface area contributed by atoms with Crippen LogP contribution in [-0.4, -0.2) is 117 Å². The highest BCUT2D eigenvalue weighted by Gasteiger charge is 2.47. The molecule has 9 unspecified atom stereocenters. The predicted molar refractivity (Wildman–Crippen MR) is 146 cm³/mol. The van der Waals surface area contributed by atoms with Crippen molar-refractivity contribution in [3.05, 3.63) is 34.5 Å². The molecule has 2 aliphatic heterocycles. The van der Waals surface area contributed by atoms with Gasteiger partial charge < -0.3 is 73.7 Å². The van der Waals surface area contributed by atoms with E-state index >= 15 is 0 Å². The van der Waals surface area contributed by atoms with Crippen molar-refractivity contribution in [1.82, 2.24) is 0 Å². The van der Waals surface area contributed by atoms with E-state index in [0.717, 1.165) is 12.1 Å². The van der Waals surface area contributed by atoms with E-state index in [1.54, 1.807) is 0 Å². The van der Waals surface area contributed by atoms with Gasteiger partial charge in [-0.3, -0.25) is 4.79 Å². The molecule has 0 aliphatic carbocycles. The molecule has 8 N–H and O–H groups in total. The summed E-state index contributed by atoms with van der Waals surface area (Å²) in [5.41, 5.74) is -1.12. The second-order valence-corrected chi connectivity index (χ2v) is 10.3. The summed E-state index contributed by atoms with van der Waals surface area (Å²) in [4.78, 5) is 13.7. The molecule has 1 aromatic heterocycles. The van der Waals surface area contributed by atoms with Gasteiger partial charge in [-0.15, -0.1) is 0 Å². The Balaban J connectivity index is 1.49. The minimum Gasteiger partial charge on any atom is -0.508 e. The van der Waals surface area contributed by atoms with E-state index in [4.69, 9.17) is 32.8 Å². The number of benzene rings is 2. The second kappa shape index (κ2) is 12.3. The average Bonchev–Trinajstić information content (AvgIpc) is 3.25. The van der Waals surface area contributed by atoms with Gasteiger partial charge in [-0.2, -0.15) is 0 Å². The van der Waals surface area contributed by atoms with Crippen molar-refractivity contribution in [2.24, 2.45) is 0 Å². The van der Waals surface area contributed by atoms with Gasteiger partial charge in [0, 0.05) is 17.7 Å². The van der Waals surface area contributed by atoms with E-state index in [1.165, 1.54) is 33.3 Å². The number of methoxy groups -OCH3 is 2. The van der Waals surface area contributed by atoms with Gasteiger partial charge in [-0.25, -0.2) is 0 Å². The molecule has 2 fully saturated rings. The molecule has 0 radical (unpaired) electrons. The Morgan fingerprint density at radius 2 is 1.43 bits per heavy atom. The van der Waals surface area contributed by atoms with E-state index in [2.05, 4.69) is 0 Å². The maximum Gasteiger partial charge on any atom is 0.239 e. The van der Waals surface area contributed by atoms with Crippen LogP contribution in [0.1, 0.15) is 6.92 Å². The Morgan fingerprint density at radius 3 is 2.07 bits per heavy atom. The lowest BCUT2D eigenvalue weighted by atomic mass is 10.00. The standard InChI is InChI=1S/C28H32O16/c1-9-18(31)22(35)24(37)27(41-9)40-8-16-20(33)23(36)28(43-16)44-26-21(34)17-12(30)6-11(29)7-13(17)42-25(26)10-4-14(38-2)19(32)15(5-10)39-3/h4-7,9,16,18,20,22-24,27-33,35-37H,8H2,1-3H3. The Kier molecular flexibility index (Phi) is 8.79. The van der Waals surface area contributed by atoms with Crippen molar-refractivity contribution in [3.63, 3.8) is 0 Å². The molecular formula is C28H32O16. The zero-order valence-electron chi connectivity index (χ0n) is 23.6. The minimum atomic E-state index is -1.76. The van der Waals surface area contributed by atoms with Crippen LogP contribution >= 0.6 is 0 Å². The third-order valence-corrected chi connectivity index (χ3v) is 7.45. The summed E-state index contributed by atoms with van der Waals surface area (Å²) in [6.07, 6.45) is -13.3. The van der Waals surface area contributed by atoms with Crippen LogP contribution in [0.15, 0.2) is 33.5 Å².